The van der Waals surface area contributed by atoms with E-state index >= 15 is 0 Å². The van der Waals surface area contributed by atoms with Gasteiger partial charge in [-0.1, -0.05) is 0 Å². The van der Waals surface area contributed by atoms with Gasteiger partial charge in [0.15, 0.2) is 0 Å². The second-order valence-corrected chi connectivity index (χ2v) is 3.17. The minimum atomic E-state index is -0.199. The van der Waals surface area contributed by atoms with Crippen LogP contribution >= 0.6 is 11.8 Å². The zero-order chi connectivity index (χ0) is 8.39. The predicted octanol–water partition coefficient (Wildman–Crippen LogP) is 2.97. The summed E-state index contributed by atoms with van der Waals surface area (Å²) >= 11 is 1.61. The number of thioether (sulfide) groups is 1. The summed E-state index contributed by atoms with van der Waals surface area (Å²) in [7, 11) is 0. The predicted molar refractivity (Wildman–Crippen MR) is 49.9 cm³/mol. The molecule has 0 bridgehead atoms. The Morgan fingerprint density at radius 2 is 1.92 bits per heavy atom. The number of nitrogens with zero attached hydrogens (tertiary/aromatic N) is 1. The first-order valence-corrected chi connectivity index (χ1v) is 4.50. The standard InChI is InChI=1S/C9H7FNS/c10-8-1-3-9(4-2-8)11-5-6-12-7-11/h1-7H. The first kappa shape index (κ1) is 7.68. The summed E-state index contributed by atoms with van der Waals surface area (Å²) in [5, 5.41) is 1.98. The van der Waals surface area contributed by atoms with E-state index in [9.17, 15) is 4.39 Å². The van der Waals surface area contributed by atoms with Crippen molar-refractivity contribution in [3.8, 4) is 0 Å². The van der Waals surface area contributed by atoms with Gasteiger partial charge in [-0.15, -0.1) is 11.8 Å². The molecule has 1 heterocycles. The van der Waals surface area contributed by atoms with Crippen molar-refractivity contribution in [2.75, 3.05) is 4.90 Å². The van der Waals surface area contributed by atoms with Crippen molar-refractivity contribution in [3.63, 3.8) is 0 Å². The van der Waals surface area contributed by atoms with Crippen molar-refractivity contribution < 1.29 is 4.39 Å². The lowest BCUT2D eigenvalue weighted by molar-refractivity contribution is 0.628. The van der Waals surface area contributed by atoms with Gasteiger partial charge in [0.2, 0.25) is 0 Å². The Hall–Kier alpha value is -0.960. The van der Waals surface area contributed by atoms with Crippen molar-refractivity contribution in [1.29, 1.82) is 0 Å². The van der Waals surface area contributed by atoms with Gasteiger partial charge in [-0.05, 0) is 29.7 Å². The van der Waals surface area contributed by atoms with E-state index < -0.39 is 0 Å². The third-order valence-corrected chi connectivity index (χ3v) is 2.23. The molecular formula is C9H7FNS. The molecule has 0 spiro atoms. The lowest BCUT2D eigenvalue weighted by Gasteiger charge is -2.13. The number of anilines is 1. The van der Waals surface area contributed by atoms with E-state index in [4.69, 9.17) is 0 Å². The highest BCUT2D eigenvalue weighted by atomic mass is 32.2. The summed E-state index contributed by atoms with van der Waals surface area (Å²) in [5.74, 6) is 1.77. The van der Waals surface area contributed by atoms with Crippen molar-refractivity contribution in [1.82, 2.24) is 0 Å². The van der Waals surface area contributed by atoms with Crippen LogP contribution in [0.1, 0.15) is 0 Å². The fourth-order valence-electron chi connectivity index (χ4n) is 0.997. The van der Waals surface area contributed by atoms with E-state index in [1.807, 2.05) is 22.4 Å². The molecule has 0 amide bonds. The molecule has 0 aromatic heterocycles. The smallest absolute Gasteiger partial charge is 0.123 e. The molecule has 2 rings (SSSR count). The summed E-state index contributed by atoms with van der Waals surface area (Å²) < 4.78 is 12.5. The van der Waals surface area contributed by atoms with Crippen LogP contribution in [0.15, 0.2) is 35.9 Å². The average Bonchev–Trinajstić information content (AvgIpc) is 2.58. The van der Waals surface area contributed by atoms with Crippen molar-refractivity contribution in [3.05, 3.63) is 47.6 Å². The molecule has 0 N–H and O–H groups in total. The van der Waals surface area contributed by atoms with Gasteiger partial charge in [0.05, 0.1) is 0 Å². The molecule has 0 unspecified atom stereocenters. The van der Waals surface area contributed by atoms with E-state index in [2.05, 4.69) is 0 Å². The maximum absolute atomic E-state index is 12.5. The van der Waals surface area contributed by atoms with Crippen LogP contribution in [0.2, 0.25) is 0 Å². The summed E-state index contributed by atoms with van der Waals surface area (Å²) in [6.07, 6.45) is 1.94. The van der Waals surface area contributed by atoms with Crippen LogP contribution in [-0.4, -0.2) is 0 Å². The SMILES string of the molecule is Fc1ccc(N2[CH]SC=C2)cc1. The van der Waals surface area contributed by atoms with Crippen molar-refractivity contribution >= 4 is 17.4 Å². The lowest BCUT2D eigenvalue weighted by Crippen LogP contribution is -2.05. The second-order valence-electron chi connectivity index (χ2n) is 2.41. The molecule has 1 aromatic rings. The Labute approximate surface area is 74.9 Å². The quantitative estimate of drug-likeness (QED) is 0.653. The van der Waals surface area contributed by atoms with Crippen LogP contribution in [-0.2, 0) is 0 Å². The normalized spacial score (nSPS) is 15.6. The highest BCUT2D eigenvalue weighted by Crippen LogP contribution is 2.26. The van der Waals surface area contributed by atoms with E-state index in [-0.39, 0.29) is 5.82 Å². The molecule has 0 saturated heterocycles. The number of benzene rings is 1. The Morgan fingerprint density at radius 1 is 1.17 bits per heavy atom. The topological polar surface area (TPSA) is 3.24 Å². The zero-order valence-electron chi connectivity index (χ0n) is 6.27. The van der Waals surface area contributed by atoms with Crippen LogP contribution in [0, 0.1) is 11.7 Å². The molecule has 0 aliphatic carbocycles. The van der Waals surface area contributed by atoms with Crippen LogP contribution in [0.25, 0.3) is 0 Å². The minimum Gasteiger partial charge on any atom is -0.332 e. The number of halogens is 1. The molecule has 1 radical (unpaired) electrons. The Kier molecular flexibility index (Phi) is 2.04. The number of hydrogen-bond donors (Lipinski definition) is 0. The van der Waals surface area contributed by atoms with E-state index in [0.29, 0.717) is 0 Å². The van der Waals surface area contributed by atoms with Gasteiger partial charge < -0.3 is 4.90 Å². The molecule has 1 aromatic carbocycles. The van der Waals surface area contributed by atoms with Gasteiger partial charge in [-0.3, -0.25) is 0 Å². The fraction of sp³-hybridized carbons (Fsp3) is 0. The highest BCUT2D eigenvalue weighted by Gasteiger charge is 2.07. The summed E-state index contributed by atoms with van der Waals surface area (Å²) in [6.45, 7) is 0. The highest BCUT2D eigenvalue weighted by molar-refractivity contribution is 8.04. The Morgan fingerprint density at radius 3 is 2.50 bits per heavy atom. The van der Waals surface area contributed by atoms with Crippen LogP contribution < -0.4 is 4.90 Å². The fourth-order valence-corrected chi connectivity index (χ4v) is 1.59. The molecular weight excluding hydrogens is 173 g/mol. The molecule has 0 fully saturated rings. The van der Waals surface area contributed by atoms with Gasteiger partial charge in [-0.2, -0.15) is 0 Å². The molecule has 12 heavy (non-hydrogen) atoms. The first-order valence-electron chi connectivity index (χ1n) is 3.56. The van der Waals surface area contributed by atoms with Crippen LogP contribution in [0.4, 0.5) is 10.1 Å². The van der Waals surface area contributed by atoms with Crippen LogP contribution in [0.5, 0.6) is 0 Å². The molecule has 0 atom stereocenters. The van der Waals surface area contributed by atoms with Crippen LogP contribution in [0.3, 0.4) is 0 Å². The van der Waals surface area contributed by atoms with Gasteiger partial charge in [0.1, 0.15) is 11.7 Å². The van der Waals surface area contributed by atoms with E-state index in [1.54, 1.807) is 23.9 Å². The Balaban J connectivity index is 2.23. The minimum absolute atomic E-state index is 0.199. The molecule has 3 heteroatoms. The van der Waals surface area contributed by atoms with E-state index in [0.717, 1.165) is 5.69 Å². The zero-order valence-corrected chi connectivity index (χ0v) is 7.09. The summed E-state index contributed by atoms with van der Waals surface area (Å²) in [5.41, 5.74) is 0.984. The van der Waals surface area contributed by atoms with E-state index in [1.165, 1.54) is 12.1 Å². The second kappa shape index (κ2) is 3.19. The number of hydrogen-bond acceptors (Lipinski definition) is 2. The van der Waals surface area contributed by atoms with Gasteiger partial charge in [0.25, 0.3) is 0 Å². The average molecular weight is 180 g/mol. The Bertz CT molecular complexity index is 294. The largest absolute Gasteiger partial charge is 0.332 e. The number of rotatable bonds is 1. The molecule has 61 valence electrons. The molecule has 1 nitrogen and oxygen atoms in total. The monoisotopic (exact) mass is 180 g/mol. The maximum Gasteiger partial charge on any atom is 0.123 e. The van der Waals surface area contributed by atoms with Crippen molar-refractivity contribution in [2.24, 2.45) is 0 Å². The lowest BCUT2D eigenvalue weighted by atomic mass is 10.3. The molecule has 1 aliphatic rings. The maximum atomic E-state index is 12.5. The third-order valence-electron chi connectivity index (χ3n) is 1.60. The van der Waals surface area contributed by atoms with Crippen molar-refractivity contribution in [2.45, 2.75) is 0 Å². The third kappa shape index (κ3) is 1.46. The summed E-state index contributed by atoms with van der Waals surface area (Å²) in [6, 6.07) is 6.42. The van der Waals surface area contributed by atoms with Gasteiger partial charge in [0, 0.05) is 11.9 Å². The molecule has 0 saturated carbocycles. The van der Waals surface area contributed by atoms with Gasteiger partial charge >= 0.3 is 0 Å². The molecule has 1 aliphatic heterocycles. The first-order chi connectivity index (χ1) is 5.86. The van der Waals surface area contributed by atoms with Gasteiger partial charge in [-0.25, -0.2) is 4.39 Å². The summed E-state index contributed by atoms with van der Waals surface area (Å²) in [4.78, 5) is 1.95.